The lowest BCUT2D eigenvalue weighted by atomic mass is 10.0. The number of benzene rings is 2. The molecule has 1 N–H and O–H groups in total. The molecule has 1 fully saturated rings. The van der Waals surface area contributed by atoms with Gasteiger partial charge in [0.25, 0.3) is 5.91 Å². The van der Waals surface area contributed by atoms with E-state index in [2.05, 4.69) is 5.32 Å². The van der Waals surface area contributed by atoms with Gasteiger partial charge in [-0.2, -0.15) is 0 Å². The molecule has 1 amide bonds. The van der Waals surface area contributed by atoms with Gasteiger partial charge < -0.3 is 15.0 Å². The number of likely N-dealkylation sites (tertiary alicyclic amines) is 1. The van der Waals surface area contributed by atoms with Crippen molar-refractivity contribution in [3.63, 3.8) is 0 Å². The van der Waals surface area contributed by atoms with Crippen molar-refractivity contribution < 1.29 is 9.53 Å². The average molecular weight is 324 g/mol. The predicted octanol–water partition coefficient (Wildman–Crippen LogP) is 3.09. The van der Waals surface area contributed by atoms with Crippen LogP contribution >= 0.6 is 0 Å². The molecule has 1 aliphatic heterocycles. The maximum absolute atomic E-state index is 12.6. The number of rotatable bonds is 5. The Morgan fingerprint density at radius 2 is 1.92 bits per heavy atom. The van der Waals surface area contributed by atoms with Crippen LogP contribution in [-0.4, -0.2) is 37.0 Å². The molecule has 126 valence electrons. The standard InChI is InChI=1S/C20H24N2O2/c1-21-18-6-5-13-22(14-18)20(23)17-11-9-16(10-12-17)15-24-19-7-3-2-4-8-19/h2-4,7-12,18,21H,5-6,13-15H2,1H3. The number of nitrogens with one attached hydrogen (secondary N) is 1. The molecule has 0 spiro atoms. The van der Waals surface area contributed by atoms with Crippen molar-refractivity contribution in [1.29, 1.82) is 0 Å². The first-order valence-electron chi connectivity index (χ1n) is 8.49. The first-order valence-corrected chi connectivity index (χ1v) is 8.49. The summed E-state index contributed by atoms with van der Waals surface area (Å²) in [7, 11) is 1.96. The molecule has 3 rings (SSSR count). The smallest absolute Gasteiger partial charge is 0.253 e. The van der Waals surface area contributed by atoms with Gasteiger partial charge in [0.1, 0.15) is 12.4 Å². The van der Waals surface area contributed by atoms with Crippen LogP contribution in [0, 0.1) is 0 Å². The molecule has 1 saturated heterocycles. The second-order valence-electron chi connectivity index (χ2n) is 6.18. The topological polar surface area (TPSA) is 41.6 Å². The van der Waals surface area contributed by atoms with E-state index in [-0.39, 0.29) is 5.91 Å². The molecule has 24 heavy (non-hydrogen) atoms. The Kier molecular flexibility index (Phi) is 5.49. The molecular weight excluding hydrogens is 300 g/mol. The van der Waals surface area contributed by atoms with Crippen molar-refractivity contribution in [3.05, 3.63) is 65.7 Å². The Morgan fingerprint density at radius 3 is 2.62 bits per heavy atom. The summed E-state index contributed by atoms with van der Waals surface area (Å²) < 4.78 is 5.73. The maximum Gasteiger partial charge on any atom is 0.253 e. The van der Waals surface area contributed by atoms with Crippen LogP contribution < -0.4 is 10.1 Å². The van der Waals surface area contributed by atoms with E-state index in [1.165, 1.54) is 0 Å². The number of carbonyl (C=O) groups is 1. The summed E-state index contributed by atoms with van der Waals surface area (Å²) in [6.07, 6.45) is 2.19. The molecule has 0 bridgehead atoms. The van der Waals surface area contributed by atoms with Gasteiger partial charge in [0, 0.05) is 24.7 Å². The zero-order valence-corrected chi connectivity index (χ0v) is 14.1. The van der Waals surface area contributed by atoms with Crippen molar-refractivity contribution in [1.82, 2.24) is 10.2 Å². The fourth-order valence-corrected chi connectivity index (χ4v) is 3.01. The Labute approximate surface area is 143 Å². The first kappa shape index (κ1) is 16.5. The third-order valence-electron chi connectivity index (χ3n) is 4.47. The predicted molar refractivity (Wildman–Crippen MR) is 95.2 cm³/mol. The number of carbonyl (C=O) groups excluding carboxylic acids is 1. The highest BCUT2D eigenvalue weighted by molar-refractivity contribution is 5.94. The minimum absolute atomic E-state index is 0.116. The molecule has 0 aromatic heterocycles. The number of amides is 1. The maximum atomic E-state index is 12.6. The van der Waals surface area contributed by atoms with Crippen LogP contribution in [0.15, 0.2) is 54.6 Å². The van der Waals surface area contributed by atoms with Crippen LogP contribution in [0.4, 0.5) is 0 Å². The van der Waals surface area contributed by atoms with E-state index in [1.54, 1.807) is 0 Å². The van der Waals surface area contributed by atoms with E-state index < -0.39 is 0 Å². The number of nitrogens with zero attached hydrogens (tertiary/aromatic N) is 1. The number of hydrogen-bond donors (Lipinski definition) is 1. The Morgan fingerprint density at radius 1 is 1.17 bits per heavy atom. The van der Waals surface area contributed by atoms with Gasteiger partial charge in [-0.3, -0.25) is 4.79 Å². The normalized spacial score (nSPS) is 17.5. The second-order valence-corrected chi connectivity index (χ2v) is 6.18. The monoisotopic (exact) mass is 324 g/mol. The molecule has 2 aromatic rings. The lowest BCUT2D eigenvalue weighted by Gasteiger charge is -2.32. The second kappa shape index (κ2) is 7.97. The molecule has 4 heteroatoms. The fraction of sp³-hybridized carbons (Fsp3) is 0.350. The van der Waals surface area contributed by atoms with Gasteiger partial charge in [-0.05, 0) is 49.7 Å². The Hall–Kier alpha value is -2.33. The third-order valence-corrected chi connectivity index (χ3v) is 4.47. The van der Waals surface area contributed by atoms with E-state index in [0.29, 0.717) is 12.6 Å². The molecule has 0 aliphatic carbocycles. The van der Waals surface area contributed by atoms with Gasteiger partial charge in [0.05, 0.1) is 0 Å². The molecule has 1 unspecified atom stereocenters. The number of piperidine rings is 1. The highest BCUT2D eigenvalue weighted by Gasteiger charge is 2.23. The fourth-order valence-electron chi connectivity index (χ4n) is 3.01. The minimum Gasteiger partial charge on any atom is -0.489 e. The van der Waals surface area contributed by atoms with Crippen LogP contribution in [0.1, 0.15) is 28.8 Å². The SMILES string of the molecule is CNC1CCCN(C(=O)c2ccc(COc3ccccc3)cc2)C1. The van der Waals surface area contributed by atoms with Crippen LogP contribution in [0.2, 0.25) is 0 Å². The molecule has 1 aliphatic rings. The minimum atomic E-state index is 0.116. The van der Waals surface area contributed by atoms with E-state index in [9.17, 15) is 4.79 Å². The molecular formula is C20H24N2O2. The van der Waals surface area contributed by atoms with Crippen LogP contribution in [-0.2, 0) is 6.61 Å². The van der Waals surface area contributed by atoms with Gasteiger partial charge in [0.2, 0.25) is 0 Å². The van der Waals surface area contributed by atoms with Crippen molar-refractivity contribution in [3.8, 4) is 5.75 Å². The van der Waals surface area contributed by atoms with Crippen LogP contribution in [0.5, 0.6) is 5.75 Å². The van der Waals surface area contributed by atoms with Crippen molar-refractivity contribution in [2.75, 3.05) is 20.1 Å². The lowest BCUT2D eigenvalue weighted by Crippen LogP contribution is -2.46. The van der Waals surface area contributed by atoms with Crippen LogP contribution in [0.3, 0.4) is 0 Å². The van der Waals surface area contributed by atoms with E-state index in [0.717, 1.165) is 42.8 Å². The number of likely N-dealkylation sites (N-methyl/N-ethyl adjacent to an activating group) is 1. The largest absolute Gasteiger partial charge is 0.489 e. The van der Waals surface area contributed by atoms with E-state index in [4.69, 9.17) is 4.74 Å². The van der Waals surface area contributed by atoms with Gasteiger partial charge in [-0.25, -0.2) is 0 Å². The zero-order chi connectivity index (χ0) is 16.8. The van der Waals surface area contributed by atoms with Crippen molar-refractivity contribution >= 4 is 5.91 Å². The van der Waals surface area contributed by atoms with Crippen molar-refractivity contribution in [2.45, 2.75) is 25.5 Å². The Balaban J connectivity index is 1.58. The summed E-state index contributed by atoms with van der Waals surface area (Å²) in [5.41, 5.74) is 1.80. The number of ether oxygens (including phenoxy) is 1. The molecule has 4 nitrogen and oxygen atoms in total. The summed E-state index contributed by atoms with van der Waals surface area (Å²) >= 11 is 0. The molecule has 0 saturated carbocycles. The van der Waals surface area contributed by atoms with E-state index >= 15 is 0 Å². The molecule has 1 heterocycles. The summed E-state index contributed by atoms with van der Waals surface area (Å²) in [4.78, 5) is 14.6. The first-order chi connectivity index (χ1) is 11.8. The van der Waals surface area contributed by atoms with Crippen LogP contribution in [0.25, 0.3) is 0 Å². The van der Waals surface area contributed by atoms with Crippen molar-refractivity contribution in [2.24, 2.45) is 0 Å². The van der Waals surface area contributed by atoms with Gasteiger partial charge in [-0.1, -0.05) is 30.3 Å². The highest BCUT2D eigenvalue weighted by Crippen LogP contribution is 2.16. The van der Waals surface area contributed by atoms with E-state index in [1.807, 2.05) is 66.5 Å². The number of para-hydroxylation sites is 1. The quantitative estimate of drug-likeness (QED) is 0.919. The lowest BCUT2D eigenvalue weighted by molar-refractivity contribution is 0.0698. The summed E-state index contributed by atoms with van der Waals surface area (Å²) in [6.45, 7) is 2.13. The summed E-state index contributed by atoms with van der Waals surface area (Å²) in [5.74, 6) is 0.967. The summed E-state index contributed by atoms with van der Waals surface area (Å²) in [5, 5.41) is 3.27. The van der Waals surface area contributed by atoms with Gasteiger partial charge in [-0.15, -0.1) is 0 Å². The summed E-state index contributed by atoms with van der Waals surface area (Å²) in [6, 6.07) is 17.9. The Bertz CT molecular complexity index is 655. The number of hydrogen-bond acceptors (Lipinski definition) is 3. The van der Waals surface area contributed by atoms with Gasteiger partial charge >= 0.3 is 0 Å². The zero-order valence-electron chi connectivity index (χ0n) is 14.1. The molecule has 0 radical (unpaired) electrons. The molecule has 2 aromatic carbocycles. The highest BCUT2D eigenvalue weighted by atomic mass is 16.5. The average Bonchev–Trinajstić information content (AvgIpc) is 2.67. The third kappa shape index (κ3) is 4.15. The molecule has 1 atom stereocenters. The van der Waals surface area contributed by atoms with Gasteiger partial charge in [0.15, 0.2) is 0 Å².